The third kappa shape index (κ3) is 8.57. The van der Waals surface area contributed by atoms with Gasteiger partial charge in [-0.25, -0.2) is 4.79 Å². The van der Waals surface area contributed by atoms with Crippen LogP contribution in [0.2, 0.25) is 0 Å². The molecule has 176 valence electrons. The highest BCUT2D eigenvalue weighted by atomic mass is 16.4. The van der Waals surface area contributed by atoms with Gasteiger partial charge in [0.2, 0.25) is 17.7 Å². The summed E-state index contributed by atoms with van der Waals surface area (Å²) in [7, 11) is 0. The first-order valence-electron chi connectivity index (χ1n) is 9.45. The number of phenolic OH excluding ortho intramolecular Hbond substituents is 1. The Morgan fingerprint density at radius 3 is 1.97 bits per heavy atom. The maximum atomic E-state index is 12.6. The van der Waals surface area contributed by atoms with Crippen molar-refractivity contribution in [1.82, 2.24) is 16.0 Å². The van der Waals surface area contributed by atoms with Crippen LogP contribution in [0.5, 0.6) is 5.75 Å². The minimum atomic E-state index is -1.70. The number of nitrogens with one attached hydrogen (secondary N) is 3. The molecule has 0 aromatic heterocycles. The number of nitrogens with two attached hydrogens (primary N) is 1. The van der Waals surface area contributed by atoms with Gasteiger partial charge in [-0.3, -0.25) is 19.2 Å². The van der Waals surface area contributed by atoms with Gasteiger partial charge in [0.25, 0.3) is 0 Å². The lowest BCUT2D eigenvalue weighted by molar-refractivity contribution is -0.143. The summed E-state index contributed by atoms with van der Waals surface area (Å²) in [5.74, 6) is -5.84. The van der Waals surface area contributed by atoms with E-state index in [1.54, 1.807) is 0 Å². The Labute approximate surface area is 182 Å². The SMILES string of the molecule is CC(O)C(NC(=O)CN)C(=O)NC(CC(=O)O)C(=O)NC(Cc1ccc(O)cc1)C(=O)O. The molecule has 9 N–H and O–H groups in total. The molecule has 1 rings (SSSR count). The Morgan fingerprint density at radius 1 is 0.938 bits per heavy atom. The van der Waals surface area contributed by atoms with Crippen molar-refractivity contribution < 1.29 is 44.4 Å². The first-order valence-corrected chi connectivity index (χ1v) is 9.45. The molecule has 0 saturated carbocycles. The zero-order valence-electron chi connectivity index (χ0n) is 17.1. The molecule has 0 bridgehead atoms. The van der Waals surface area contributed by atoms with E-state index in [1.807, 2.05) is 0 Å². The summed E-state index contributed by atoms with van der Waals surface area (Å²) in [5, 5.41) is 43.9. The molecule has 4 unspecified atom stereocenters. The van der Waals surface area contributed by atoms with Crippen LogP contribution in [-0.4, -0.2) is 80.9 Å². The van der Waals surface area contributed by atoms with E-state index >= 15 is 0 Å². The van der Waals surface area contributed by atoms with Crippen molar-refractivity contribution in [1.29, 1.82) is 0 Å². The Kier molecular flexibility index (Phi) is 10.1. The van der Waals surface area contributed by atoms with Gasteiger partial charge in [-0.05, 0) is 24.6 Å². The molecule has 0 aliphatic carbocycles. The molecule has 13 heteroatoms. The van der Waals surface area contributed by atoms with E-state index in [0.29, 0.717) is 5.56 Å². The normalized spacial score (nSPS) is 14.3. The second kappa shape index (κ2) is 12.2. The number of carbonyl (C=O) groups is 5. The van der Waals surface area contributed by atoms with Crippen molar-refractivity contribution in [3.8, 4) is 5.75 Å². The highest BCUT2D eigenvalue weighted by molar-refractivity contribution is 5.95. The van der Waals surface area contributed by atoms with E-state index in [1.165, 1.54) is 31.2 Å². The maximum absolute atomic E-state index is 12.6. The van der Waals surface area contributed by atoms with Gasteiger partial charge in [0.15, 0.2) is 0 Å². The zero-order valence-corrected chi connectivity index (χ0v) is 17.1. The van der Waals surface area contributed by atoms with E-state index in [4.69, 9.17) is 10.8 Å². The van der Waals surface area contributed by atoms with Gasteiger partial charge in [0.1, 0.15) is 23.9 Å². The average Bonchev–Trinajstić information content (AvgIpc) is 2.71. The maximum Gasteiger partial charge on any atom is 0.326 e. The topological polar surface area (TPSA) is 228 Å². The fourth-order valence-corrected chi connectivity index (χ4v) is 2.62. The van der Waals surface area contributed by atoms with Crippen LogP contribution in [0.4, 0.5) is 0 Å². The van der Waals surface area contributed by atoms with Crippen LogP contribution in [0.1, 0.15) is 18.9 Å². The number of carboxylic acid groups (broad SMARTS) is 2. The molecule has 0 heterocycles. The summed E-state index contributed by atoms with van der Waals surface area (Å²) >= 11 is 0. The second-order valence-corrected chi connectivity index (χ2v) is 6.92. The predicted molar refractivity (Wildman–Crippen MR) is 108 cm³/mol. The van der Waals surface area contributed by atoms with E-state index < -0.39 is 66.9 Å². The fraction of sp³-hybridized carbons (Fsp3) is 0.421. The quantitative estimate of drug-likeness (QED) is 0.163. The van der Waals surface area contributed by atoms with Crippen LogP contribution in [-0.2, 0) is 30.4 Å². The third-order valence-corrected chi connectivity index (χ3v) is 4.27. The summed E-state index contributed by atoms with van der Waals surface area (Å²) in [6.07, 6.45) is -2.47. The molecule has 0 saturated heterocycles. The highest BCUT2D eigenvalue weighted by Crippen LogP contribution is 2.12. The summed E-state index contributed by atoms with van der Waals surface area (Å²) in [6, 6.07) is 0.859. The Hall–Kier alpha value is -3.71. The van der Waals surface area contributed by atoms with Crippen LogP contribution in [0.25, 0.3) is 0 Å². The molecule has 32 heavy (non-hydrogen) atoms. The molecule has 0 radical (unpaired) electrons. The Bertz CT molecular complexity index is 842. The standard InChI is InChI=1S/C19H26N4O9/c1-9(24)16(23-14(26)8-20)18(30)21-12(7-15(27)28)17(29)22-13(19(31)32)6-10-2-4-11(25)5-3-10/h2-5,9,12-13,16,24-25H,6-8,20H2,1H3,(H,21,30)(H,22,29)(H,23,26)(H,27,28)(H,31,32). The van der Waals surface area contributed by atoms with Crippen LogP contribution in [0.15, 0.2) is 24.3 Å². The number of aliphatic hydroxyl groups is 1. The van der Waals surface area contributed by atoms with Crippen molar-refractivity contribution in [2.75, 3.05) is 6.54 Å². The third-order valence-electron chi connectivity index (χ3n) is 4.27. The number of carbonyl (C=O) groups excluding carboxylic acids is 3. The Balaban J connectivity index is 2.97. The predicted octanol–water partition coefficient (Wildman–Crippen LogP) is -2.71. The molecule has 0 spiro atoms. The lowest BCUT2D eigenvalue weighted by Gasteiger charge is -2.25. The van der Waals surface area contributed by atoms with Gasteiger partial charge in [0, 0.05) is 6.42 Å². The monoisotopic (exact) mass is 454 g/mol. The number of amides is 3. The Morgan fingerprint density at radius 2 is 1.50 bits per heavy atom. The lowest BCUT2D eigenvalue weighted by atomic mass is 10.0. The number of phenols is 1. The van der Waals surface area contributed by atoms with Gasteiger partial charge in [-0.1, -0.05) is 12.1 Å². The van der Waals surface area contributed by atoms with E-state index in [-0.39, 0.29) is 12.2 Å². The second-order valence-electron chi connectivity index (χ2n) is 6.92. The number of hydrogen-bond donors (Lipinski definition) is 8. The summed E-state index contributed by atoms with van der Waals surface area (Å²) in [6.45, 7) is 0.707. The first-order chi connectivity index (χ1) is 14.9. The molecule has 0 aliphatic rings. The van der Waals surface area contributed by atoms with E-state index in [9.17, 15) is 39.3 Å². The number of aromatic hydroxyl groups is 1. The minimum absolute atomic E-state index is 0.0386. The van der Waals surface area contributed by atoms with Crippen molar-refractivity contribution in [2.24, 2.45) is 5.73 Å². The average molecular weight is 454 g/mol. The molecule has 13 nitrogen and oxygen atoms in total. The number of aliphatic hydroxyl groups excluding tert-OH is 1. The van der Waals surface area contributed by atoms with Gasteiger partial charge < -0.3 is 42.1 Å². The summed E-state index contributed by atoms with van der Waals surface area (Å²) < 4.78 is 0. The van der Waals surface area contributed by atoms with Crippen LogP contribution >= 0.6 is 0 Å². The molecule has 1 aromatic carbocycles. The number of rotatable bonds is 12. The summed E-state index contributed by atoms with van der Waals surface area (Å²) in [4.78, 5) is 59.2. The van der Waals surface area contributed by atoms with Crippen LogP contribution < -0.4 is 21.7 Å². The molecule has 0 aliphatic heterocycles. The minimum Gasteiger partial charge on any atom is -0.508 e. The number of aliphatic carboxylic acids is 2. The van der Waals surface area contributed by atoms with E-state index in [2.05, 4.69) is 16.0 Å². The van der Waals surface area contributed by atoms with Gasteiger partial charge >= 0.3 is 11.9 Å². The molecule has 3 amide bonds. The summed E-state index contributed by atoms with van der Waals surface area (Å²) in [5.41, 5.74) is 5.62. The molecule has 0 fully saturated rings. The number of carboxylic acids is 2. The largest absolute Gasteiger partial charge is 0.508 e. The first kappa shape index (κ1) is 26.3. The lowest BCUT2D eigenvalue weighted by Crippen LogP contribution is -2.59. The smallest absolute Gasteiger partial charge is 0.326 e. The highest BCUT2D eigenvalue weighted by Gasteiger charge is 2.32. The molecule has 4 atom stereocenters. The number of hydrogen-bond acceptors (Lipinski definition) is 8. The number of benzene rings is 1. The van der Waals surface area contributed by atoms with Crippen molar-refractivity contribution in [3.63, 3.8) is 0 Å². The van der Waals surface area contributed by atoms with Crippen LogP contribution in [0, 0.1) is 0 Å². The zero-order chi connectivity index (χ0) is 24.4. The van der Waals surface area contributed by atoms with Crippen molar-refractivity contribution in [3.05, 3.63) is 29.8 Å². The molecular weight excluding hydrogens is 428 g/mol. The van der Waals surface area contributed by atoms with Crippen molar-refractivity contribution >= 4 is 29.7 Å². The van der Waals surface area contributed by atoms with Gasteiger partial charge in [-0.2, -0.15) is 0 Å². The molecular formula is C19H26N4O9. The van der Waals surface area contributed by atoms with Gasteiger partial charge in [0.05, 0.1) is 19.1 Å². The van der Waals surface area contributed by atoms with Gasteiger partial charge in [-0.15, -0.1) is 0 Å². The molecule has 1 aromatic rings. The fourth-order valence-electron chi connectivity index (χ4n) is 2.62. The van der Waals surface area contributed by atoms with Crippen LogP contribution in [0.3, 0.4) is 0 Å². The van der Waals surface area contributed by atoms with Crippen molar-refractivity contribution in [2.45, 2.75) is 44.0 Å². The van der Waals surface area contributed by atoms with E-state index in [0.717, 1.165) is 0 Å².